The Labute approximate surface area is 249 Å². The fourth-order valence-electron chi connectivity index (χ4n) is 4.44. The average Bonchev–Trinajstić information content (AvgIpc) is 2.97. The van der Waals surface area contributed by atoms with Gasteiger partial charge in [0.25, 0.3) is 10.1 Å². The van der Waals surface area contributed by atoms with Crippen LogP contribution >= 0.6 is 0 Å². The van der Waals surface area contributed by atoms with E-state index in [1.165, 1.54) is 66.9 Å². The SMILES string of the molecule is Cc1ccc(S(=O)(=O)OCC(F)C(F)(F)S(=O)(=O)[O-])cc1.c1ccc(C[S+](Cc2ccccc2)C2CCCCC2)cc1. The maximum Gasteiger partial charge on any atom is 0.367 e. The molecule has 1 aliphatic carbocycles. The highest BCUT2D eigenvalue weighted by Crippen LogP contribution is 2.30. The standard InChI is InChI=1S/C20H25S.C10H11F3O6S2/c1-4-10-18(11-5-1)16-21(20-14-8-3-9-15-20)17-19-12-6-2-7-13-19;1-7-2-4-8(5-3-7)20(14,15)19-6-9(11)10(12,13)21(16,17)18/h1-2,4-7,10-13,20H,3,8-9,14-17H2;2-5,9H,6H2,1H3,(H,16,17,18)/q+1;/p-1. The normalized spacial score (nSPS) is 15.6. The number of rotatable bonds is 11. The number of halogens is 3. The van der Waals surface area contributed by atoms with Crippen LogP contribution in [0.4, 0.5) is 13.2 Å². The molecule has 0 saturated heterocycles. The van der Waals surface area contributed by atoms with E-state index in [1.807, 2.05) is 0 Å². The molecule has 1 aliphatic rings. The highest BCUT2D eigenvalue weighted by atomic mass is 32.2. The number of benzene rings is 3. The molecular weight excluding hydrogens is 610 g/mol. The quantitative estimate of drug-likeness (QED) is 0.134. The molecule has 42 heavy (non-hydrogen) atoms. The summed E-state index contributed by atoms with van der Waals surface area (Å²) < 4.78 is 96.3. The van der Waals surface area contributed by atoms with Crippen molar-refractivity contribution in [2.45, 2.75) is 72.1 Å². The zero-order valence-electron chi connectivity index (χ0n) is 23.2. The van der Waals surface area contributed by atoms with E-state index in [1.54, 1.807) is 6.92 Å². The molecule has 0 aromatic heterocycles. The Morgan fingerprint density at radius 2 is 1.31 bits per heavy atom. The van der Waals surface area contributed by atoms with Crippen LogP contribution < -0.4 is 0 Å². The van der Waals surface area contributed by atoms with Crippen molar-refractivity contribution in [3.8, 4) is 0 Å². The number of hydrogen-bond donors (Lipinski definition) is 0. The molecule has 1 saturated carbocycles. The zero-order valence-corrected chi connectivity index (χ0v) is 25.7. The summed E-state index contributed by atoms with van der Waals surface area (Å²) in [4.78, 5) is -0.423. The van der Waals surface area contributed by atoms with Crippen LogP contribution in [0.1, 0.15) is 48.8 Å². The second-order valence-electron chi connectivity index (χ2n) is 10.1. The summed E-state index contributed by atoms with van der Waals surface area (Å²) >= 11 is 0. The molecule has 3 aromatic rings. The fourth-order valence-corrected chi connectivity index (χ4v) is 8.54. The third-order valence-corrected chi connectivity index (χ3v) is 11.8. The molecule has 1 fully saturated rings. The van der Waals surface area contributed by atoms with Gasteiger partial charge in [-0.15, -0.1) is 0 Å². The van der Waals surface area contributed by atoms with Gasteiger partial charge in [-0.3, -0.25) is 4.18 Å². The van der Waals surface area contributed by atoms with Crippen LogP contribution in [0.25, 0.3) is 0 Å². The summed E-state index contributed by atoms with van der Waals surface area (Å²) in [5, 5.41) is -4.34. The van der Waals surface area contributed by atoms with Crippen LogP contribution in [0.3, 0.4) is 0 Å². The lowest BCUT2D eigenvalue weighted by Gasteiger charge is -2.23. The van der Waals surface area contributed by atoms with Gasteiger partial charge in [0.2, 0.25) is 6.17 Å². The van der Waals surface area contributed by atoms with E-state index in [-0.39, 0.29) is 0 Å². The first-order valence-electron chi connectivity index (χ1n) is 13.5. The van der Waals surface area contributed by atoms with Gasteiger partial charge in [-0.2, -0.15) is 17.2 Å². The molecule has 230 valence electrons. The van der Waals surface area contributed by atoms with Crippen LogP contribution in [-0.4, -0.2) is 44.7 Å². The van der Waals surface area contributed by atoms with Gasteiger partial charge in [0.1, 0.15) is 23.4 Å². The number of alkyl halides is 3. The van der Waals surface area contributed by atoms with E-state index in [9.17, 15) is 34.6 Å². The molecule has 1 unspecified atom stereocenters. The lowest BCUT2D eigenvalue weighted by atomic mass is 10.0. The van der Waals surface area contributed by atoms with Crippen molar-refractivity contribution in [3.63, 3.8) is 0 Å². The Morgan fingerprint density at radius 3 is 1.76 bits per heavy atom. The van der Waals surface area contributed by atoms with Crippen molar-refractivity contribution >= 4 is 31.1 Å². The molecule has 0 heterocycles. The second-order valence-corrected chi connectivity index (χ2v) is 15.5. The molecule has 0 N–H and O–H groups in total. The van der Waals surface area contributed by atoms with Gasteiger partial charge >= 0.3 is 5.25 Å². The molecule has 12 heteroatoms. The summed E-state index contributed by atoms with van der Waals surface area (Å²) in [6.45, 7) is -0.140. The van der Waals surface area contributed by atoms with E-state index < -0.39 is 43.2 Å². The van der Waals surface area contributed by atoms with Gasteiger partial charge in [-0.05, 0) is 55.6 Å². The van der Waals surface area contributed by atoms with E-state index in [0.717, 1.165) is 17.4 Å². The molecule has 3 aromatic carbocycles. The summed E-state index contributed by atoms with van der Waals surface area (Å²) in [6.07, 6.45) is 3.62. The average molecular weight is 645 g/mol. The highest BCUT2D eigenvalue weighted by Gasteiger charge is 2.48. The van der Waals surface area contributed by atoms with Crippen LogP contribution in [0.5, 0.6) is 0 Å². The second kappa shape index (κ2) is 15.4. The smallest absolute Gasteiger partial charge is 0.367 e. The topological polar surface area (TPSA) is 101 Å². The van der Waals surface area contributed by atoms with Gasteiger partial charge in [-0.25, -0.2) is 12.8 Å². The summed E-state index contributed by atoms with van der Waals surface area (Å²) in [7, 11) is -10.3. The number of hydrogen-bond acceptors (Lipinski definition) is 6. The molecule has 4 rings (SSSR count). The minimum Gasteiger partial charge on any atom is -0.743 e. The van der Waals surface area contributed by atoms with E-state index in [0.29, 0.717) is 16.5 Å². The Bertz CT molecular complexity index is 1410. The first-order chi connectivity index (χ1) is 19.8. The minimum atomic E-state index is -6.27. The highest BCUT2D eigenvalue weighted by molar-refractivity contribution is 7.96. The van der Waals surface area contributed by atoms with Gasteiger partial charge in [0.15, 0.2) is 10.1 Å². The summed E-state index contributed by atoms with van der Waals surface area (Å²) in [6, 6.07) is 27.1. The minimum absolute atomic E-state index is 0.423. The molecule has 1 atom stereocenters. The summed E-state index contributed by atoms with van der Waals surface area (Å²) in [5.41, 5.74) is 3.74. The monoisotopic (exact) mass is 644 g/mol. The molecule has 0 spiro atoms. The molecule has 0 amide bonds. The van der Waals surface area contributed by atoms with Gasteiger partial charge in [0, 0.05) is 11.1 Å². The Hall–Kier alpha value is -2.38. The van der Waals surface area contributed by atoms with Crippen molar-refractivity contribution in [2.24, 2.45) is 0 Å². The van der Waals surface area contributed by atoms with Crippen LogP contribution in [0.2, 0.25) is 0 Å². The van der Waals surface area contributed by atoms with Crippen molar-refractivity contribution < 1.29 is 38.7 Å². The van der Waals surface area contributed by atoms with E-state index >= 15 is 0 Å². The largest absolute Gasteiger partial charge is 0.743 e. The van der Waals surface area contributed by atoms with Crippen LogP contribution in [0.15, 0.2) is 89.8 Å². The summed E-state index contributed by atoms with van der Waals surface area (Å²) in [5.74, 6) is 2.53. The van der Waals surface area contributed by atoms with Gasteiger partial charge in [0.05, 0.1) is 4.90 Å². The van der Waals surface area contributed by atoms with E-state index in [4.69, 9.17) is 0 Å². The number of aryl methyl sites for hydroxylation is 1. The lowest BCUT2D eigenvalue weighted by Crippen LogP contribution is -2.41. The predicted octanol–water partition coefficient (Wildman–Crippen LogP) is 6.51. The van der Waals surface area contributed by atoms with E-state index in [2.05, 4.69) is 64.8 Å². The van der Waals surface area contributed by atoms with Gasteiger partial charge in [-0.1, -0.05) is 84.8 Å². The maximum absolute atomic E-state index is 13.1. The lowest BCUT2D eigenvalue weighted by molar-refractivity contribution is -0.0217. The van der Waals surface area contributed by atoms with Crippen LogP contribution in [-0.2, 0) is 46.8 Å². The molecule has 6 nitrogen and oxygen atoms in total. The van der Waals surface area contributed by atoms with Crippen LogP contribution in [0, 0.1) is 6.92 Å². The first kappa shape index (κ1) is 34.1. The molecular formula is C30H35F3O6S3. The fraction of sp³-hybridized carbons (Fsp3) is 0.400. The van der Waals surface area contributed by atoms with Crippen molar-refractivity contribution in [2.75, 3.05) is 6.61 Å². The first-order valence-corrected chi connectivity index (χ1v) is 17.9. The van der Waals surface area contributed by atoms with Gasteiger partial charge < -0.3 is 4.55 Å². The Kier molecular flexibility index (Phi) is 12.5. The molecule has 0 radical (unpaired) electrons. The maximum atomic E-state index is 13.1. The molecule has 0 bridgehead atoms. The van der Waals surface area contributed by atoms with Crippen molar-refractivity contribution in [3.05, 3.63) is 102 Å². The Balaban J connectivity index is 0.000000230. The third-order valence-electron chi connectivity index (χ3n) is 6.79. The third kappa shape index (κ3) is 10.1. The van der Waals surface area contributed by atoms with Crippen molar-refractivity contribution in [1.29, 1.82) is 0 Å². The molecule has 0 aliphatic heterocycles. The predicted molar refractivity (Wildman–Crippen MR) is 158 cm³/mol. The van der Waals surface area contributed by atoms with Crippen molar-refractivity contribution in [1.82, 2.24) is 0 Å². The Morgan fingerprint density at radius 1 is 0.833 bits per heavy atom. The zero-order chi connectivity index (χ0) is 30.8.